The normalized spacial score (nSPS) is 37.1. The lowest BCUT2D eigenvalue weighted by Gasteiger charge is -2.27. The number of rotatable bonds is 3. The molecule has 7 heterocycles. The molecular weight excluding hydrogens is 665 g/mol. The smallest absolute Gasteiger partial charge is 0.387 e. The fourth-order valence-corrected chi connectivity index (χ4v) is 7.41. The molecule has 3 saturated heterocycles. The first-order valence-corrected chi connectivity index (χ1v) is 16.3. The maximum absolute atomic E-state index is 16.0. The number of aromatic amines is 1. The van der Waals surface area contributed by atoms with Gasteiger partial charge in [-0.15, -0.1) is 0 Å². The second kappa shape index (κ2) is 11.3. The minimum atomic E-state index is -5.13. The Morgan fingerprint density at radius 1 is 0.978 bits per heavy atom. The van der Waals surface area contributed by atoms with Crippen LogP contribution in [0.3, 0.4) is 0 Å². The van der Waals surface area contributed by atoms with Crippen LogP contribution in [0.15, 0.2) is 23.8 Å². The number of hydrogen-bond donors (Lipinski definition) is 5. The number of alkyl halides is 1. The van der Waals surface area contributed by atoms with Gasteiger partial charge in [-0.1, -0.05) is 0 Å². The van der Waals surface area contributed by atoms with E-state index in [1.807, 2.05) is 0 Å². The number of anilines is 2. The maximum Gasteiger partial charge on any atom is 0.475 e. The summed E-state index contributed by atoms with van der Waals surface area (Å²) >= 11 is 0. The Kier molecular flexibility index (Phi) is 7.68. The summed E-state index contributed by atoms with van der Waals surface area (Å²) < 4.78 is 83.3. The van der Waals surface area contributed by atoms with Gasteiger partial charge in [-0.05, 0) is 0 Å². The molecule has 4 unspecified atom stereocenters. The highest BCUT2D eigenvalue weighted by atomic mass is 31.2. The van der Waals surface area contributed by atoms with E-state index in [9.17, 15) is 23.9 Å². The van der Waals surface area contributed by atoms with Gasteiger partial charge >= 0.3 is 15.6 Å². The topological polar surface area (TPSA) is 298 Å². The molecule has 3 aliphatic heterocycles. The molecule has 7 rings (SSSR count). The molecule has 10 atom stereocenters. The number of nitrogens with zero attached hydrogens (tertiary/aromatic N) is 7. The fourth-order valence-electron chi connectivity index (χ4n) is 5.35. The number of fused-ring (bicyclic) bond motifs is 5. The van der Waals surface area contributed by atoms with E-state index < -0.39 is 83.6 Å². The number of nitrogens with one attached hydrogen (secondary N) is 1. The Hall–Kier alpha value is -3.47. The number of imidazole rings is 2. The fraction of sp³-hybridized carbons (Fsp3) is 0.524. The lowest BCUT2D eigenvalue weighted by Crippen LogP contribution is -2.35. The molecule has 3 aliphatic rings. The molecule has 248 valence electrons. The largest absolute Gasteiger partial charge is 0.475 e. The van der Waals surface area contributed by atoms with Crippen LogP contribution >= 0.6 is 15.6 Å². The van der Waals surface area contributed by atoms with Crippen LogP contribution in [-0.4, -0.2) is 106 Å². The van der Waals surface area contributed by atoms with Crippen LogP contribution in [0.1, 0.15) is 12.5 Å². The molecule has 22 nitrogen and oxygen atoms in total. The predicted octanol–water partition coefficient (Wildman–Crippen LogP) is -0.710. The number of aliphatic hydroxyl groups excluding tert-OH is 1. The number of phosphoric acid groups is 2. The molecular formula is C21H25FN10O12P2. The van der Waals surface area contributed by atoms with Crippen LogP contribution in [0.2, 0.25) is 0 Å². The van der Waals surface area contributed by atoms with Crippen molar-refractivity contribution in [1.29, 1.82) is 0 Å². The van der Waals surface area contributed by atoms with Crippen molar-refractivity contribution in [2.45, 2.75) is 49.1 Å². The van der Waals surface area contributed by atoms with Crippen molar-refractivity contribution in [1.82, 2.24) is 39.0 Å². The summed E-state index contributed by atoms with van der Waals surface area (Å²) in [7, 11) is -8.78. The van der Waals surface area contributed by atoms with E-state index in [0.29, 0.717) is 0 Å². The van der Waals surface area contributed by atoms with E-state index in [1.165, 1.54) is 10.9 Å². The highest BCUT2D eigenvalue weighted by Crippen LogP contribution is 2.56. The molecule has 3 fully saturated rings. The molecule has 0 aliphatic carbocycles. The number of aliphatic hydroxyl groups is 1. The summed E-state index contributed by atoms with van der Waals surface area (Å²) in [5.41, 5.74) is 10.8. The van der Waals surface area contributed by atoms with Crippen LogP contribution < -0.4 is 17.0 Å². The number of ether oxygens (including phenoxy) is 2. The van der Waals surface area contributed by atoms with Crippen molar-refractivity contribution >= 4 is 49.7 Å². The third-order valence-electron chi connectivity index (χ3n) is 7.49. The van der Waals surface area contributed by atoms with Gasteiger partial charge in [0.2, 0.25) is 5.95 Å². The molecule has 7 N–H and O–H groups in total. The number of H-pyrrole nitrogens is 1. The van der Waals surface area contributed by atoms with Gasteiger partial charge in [0.15, 0.2) is 41.3 Å². The molecule has 0 aromatic carbocycles. The maximum atomic E-state index is 16.0. The second-order valence-corrected chi connectivity index (χ2v) is 13.4. The predicted molar refractivity (Wildman–Crippen MR) is 147 cm³/mol. The van der Waals surface area contributed by atoms with E-state index in [1.54, 1.807) is 0 Å². The van der Waals surface area contributed by atoms with Crippen LogP contribution in [0, 0.1) is 0 Å². The van der Waals surface area contributed by atoms with Crippen molar-refractivity contribution < 1.29 is 55.6 Å². The SMILES string of the molecule is COP1(=O)OC[C@H]2O[C@@H](n3cnc4c(=O)[nH]c(N)nc43)[C@@H](F)C2OP(=O)(O)OC[C@H]2O[C@@H](n3cnc4c(N)ncnc43)[C@@H](O1)C2O. The van der Waals surface area contributed by atoms with Crippen LogP contribution in [0.25, 0.3) is 22.3 Å². The molecule has 0 spiro atoms. The monoisotopic (exact) mass is 690 g/mol. The second-order valence-electron chi connectivity index (χ2n) is 10.3. The zero-order valence-corrected chi connectivity index (χ0v) is 25.1. The third-order valence-corrected chi connectivity index (χ3v) is 9.89. The van der Waals surface area contributed by atoms with Crippen molar-refractivity contribution in [2.24, 2.45) is 0 Å². The van der Waals surface area contributed by atoms with Gasteiger partial charge in [-0.25, -0.2) is 33.5 Å². The number of nitrogens with two attached hydrogens (primary N) is 2. The van der Waals surface area contributed by atoms with Crippen LogP contribution in [0.5, 0.6) is 0 Å². The van der Waals surface area contributed by atoms with Gasteiger partial charge in [0.1, 0.15) is 42.4 Å². The van der Waals surface area contributed by atoms with Gasteiger partial charge in [-0.2, -0.15) is 4.98 Å². The number of phosphoric ester groups is 2. The first-order chi connectivity index (χ1) is 21.9. The Morgan fingerprint density at radius 3 is 2.43 bits per heavy atom. The Morgan fingerprint density at radius 2 is 1.67 bits per heavy atom. The van der Waals surface area contributed by atoms with Gasteiger partial charge in [0.25, 0.3) is 5.56 Å². The van der Waals surface area contributed by atoms with Crippen molar-refractivity contribution in [3.05, 3.63) is 29.3 Å². The molecule has 2 bridgehead atoms. The summed E-state index contributed by atoms with van der Waals surface area (Å²) in [5, 5.41) is 11.1. The molecule has 4 aromatic rings. The highest BCUT2D eigenvalue weighted by Gasteiger charge is 2.54. The van der Waals surface area contributed by atoms with E-state index in [-0.39, 0.29) is 34.1 Å². The molecule has 46 heavy (non-hydrogen) atoms. The molecule has 0 radical (unpaired) electrons. The number of halogens is 1. The molecule has 0 amide bonds. The van der Waals surface area contributed by atoms with Crippen LogP contribution in [-0.2, 0) is 41.2 Å². The zero-order chi connectivity index (χ0) is 32.5. The first kappa shape index (κ1) is 31.1. The molecule has 4 aromatic heterocycles. The summed E-state index contributed by atoms with van der Waals surface area (Å²) in [5.74, 6) is -0.255. The number of nitrogen functional groups attached to an aromatic ring is 2. The zero-order valence-electron chi connectivity index (χ0n) is 23.3. The average molecular weight is 690 g/mol. The van der Waals surface area contributed by atoms with E-state index >= 15 is 4.39 Å². The van der Waals surface area contributed by atoms with Crippen molar-refractivity contribution in [3.8, 4) is 0 Å². The number of hydrogen-bond acceptors (Lipinski definition) is 18. The van der Waals surface area contributed by atoms with E-state index in [2.05, 4.69) is 29.9 Å². The Balaban J connectivity index is 1.22. The lowest BCUT2D eigenvalue weighted by molar-refractivity contribution is -0.0681. The average Bonchev–Trinajstić information content (AvgIpc) is 3.77. The number of aromatic nitrogens is 8. The van der Waals surface area contributed by atoms with Crippen molar-refractivity contribution in [3.63, 3.8) is 0 Å². The van der Waals surface area contributed by atoms with Crippen LogP contribution in [0.4, 0.5) is 16.2 Å². The molecule has 25 heteroatoms. The minimum Gasteiger partial charge on any atom is -0.387 e. The van der Waals surface area contributed by atoms with Gasteiger partial charge < -0.3 is 30.9 Å². The molecule has 0 saturated carbocycles. The van der Waals surface area contributed by atoms with Gasteiger partial charge in [0, 0.05) is 7.11 Å². The van der Waals surface area contributed by atoms with Crippen molar-refractivity contribution in [2.75, 3.05) is 31.8 Å². The summed E-state index contributed by atoms with van der Waals surface area (Å²) in [6.45, 7) is -1.59. The highest BCUT2D eigenvalue weighted by molar-refractivity contribution is 7.48. The van der Waals surface area contributed by atoms with Gasteiger partial charge in [0.05, 0.1) is 25.9 Å². The van der Waals surface area contributed by atoms with E-state index in [0.717, 1.165) is 24.3 Å². The third kappa shape index (κ3) is 5.28. The van der Waals surface area contributed by atoms with E-state index in [4.69, 9.17) is 43.6 Å². The van der Waals surface area contributed by atoms with Gasteiger partial charge in [-0.3, -0.25) is 41.5 Å². The quantitative estimate of drug-likeness (QED) is 0.166. The summed E-state index contributed by atoms with van der Waals surface area (Å²) in [6, 6.07) is 0. The Bertz CT molecular complexity index is 1960. The summed E-state index contributed by atoms with van der Waals surface area (Å²) in [4.78, 5) is 45.1. The first-order valence-electron chi connectivity index (χ1n) is 13.3. The standard InChI is InChI=1S/C21H25FN10O12P2/c1-38-46(37)40-3-8-13(9(22)19(42-8)32-6-28-11-17(32)29-21(24)30-18(11)34)43-45(35,36)39-2-7-12(33)14(44-46)20(41-7)31-5-27-10-15(23)25-4-26-16(10)31/h4-9,12-14,19-20,33H,2-3H2,1H3,(H,35,36)(H2,23,25,26)(H3,24,29,30,34)/t7-,8-,9+,12?,13?,14+,19-,20-,46?/m1/s1. The lowest BCUT2D eigenvalue weighted by atomic mass is 10.1. The Labute approximate surface area is 254 Å². The summed E-state index contributed by atoms with van der Waals surface area (Å²) in [6.07, 6.45) is -9.81. The minimum absolute atomic E-state index is 0.0383.